The number of rotatable bonds is 5. The van der Waals surface area contributed by atoms with Crippen molar-refractivity contribution in [1.29, 1.82) is 0 Å². The summed E-state index contributed by atoms with van der Waals surface area (Å²) in [5.41, 5.74) is 0.993. The summed E-state index contributed by atoms with van der Waals surface area (Å²) in [5.74, 6) is 0. The number of nitrogens with two attached hydrogens (primary N) is 1. The molecule has 2 aromatic rings. The first-order valence-corrected chi connectivity index (χ1v) is 8.71. The topological polar surface area (TPSA) is 72.2 Å². The number of nitrogens with one attached hydrogen (secondary N) is 1. The summed E-state index contributed by atoms with van der Waals surface area (Å²) in [5, 5.41) is 8.41. The standard InChI is InChI=1S/C13H15ClN2O2S2/c1-9(12-6-7-13(14)19-12)16-8-10-2-4-11(5-3-10)20(15,17)18/h2-7,9,16H,8H2,1H3,(H2,15,17,18). The van der Waals surface area contributed by atoms with Gasteiger partial charge < -0.3 is 5.32 Å². The van der Waals surface area contributed by atoms with Crippen LogP contribution in [-0.2, 0) is 16.6 Å². The predicted octanol–water partition coefficient (Wildman–Crippen LogP) is 2.90. The predicted molar refractivity (Wildman–Crippen MR) is 82.4 cm³/mol. The third-order valence-corrected chi connectivity index (χ3v) is 5.23. The van der Waals surface area contributed by atoms with Crippen LogP contribution in [0.4, 0.5) is 0 Å². The van der Waals surface area contributed by atoms with Crippen molar-refractivity contribution in [3.8, 4) is 0 Å². The minimum atomic E-state index is -3.62. The van der Waals surface area contributed by atoms with E-state index in [2.05, 4.69) is 12.2 Å². The molecule has 0 amide bonds. The highest BCUT2D eigenvalue weighted by atomic mass is 35.5. The van der Waals surface area contributed by atoms with E-state index in [9.17, 15) is 8.42 Å². The van der Waals surface area contributed by atoms with E-state index < -0.39 is 10.0 Å². The van der Waals surface area contributed by atoms with Gasteiger partial charge in [0.2, 0.25) is 10.0 Å². The Morgan fingerprint density at radius 3 is 2.40 bits per heavy atom. The SMILES string of the molecule is CC(NCc1ccc(S(N)(=O)=O)cc1)c1ccc(Cl)s1. The van der Waals surface area contributed by atoms with Crippen molar-refractivity contribution in [2.24, 2.45) is 5.14 Å². The number of benzene rings is 1. The van der Waals surface area contributed by atoms with Gasteiger partial charge in [-0.05, 0) is 36.8 Å². The molecule has 0 saturated carbocycles. The van der Waals surface area contributed by atoms with Crippen molar-refractivity contribution in [2.75, 3.05) is 0 Å². The highest BCUT2D eigenvalue weighted by molar-refractivity contribution is 7.89. The van der Waals surface area contributed by atoms with E-state index >= 15 is 0 Å². The summed E-state index contributed by atoms with van der Waals surface area (Å²) in [4.78, 5) is 1.29. The first-order valence-electron chi connectivity index (χ1n) is 5.96. The molecular weight excluding hydrogens is 316 g/mol. The molecule has 0 bridgehead atoms. The Bertz CT molecular complexity index is 681. The van der Waals surface area contributed by atoms with Crippen LogP contribution in [-0.4, -0.2) is 8.42 Å². The molecule has 7 heteroatoms. The van der Waals surface area contributed by atoms with E-state index in [0.717, 1.165) is 14.8 Å². The molecule has 4 nitrogen and oxygen atoms in total. The van der Waals surface area contributed by atoms with Crippen LogP contribution in [0.1, 0.15) is 23.4 Å². The molecule has 20 heavy (non-hydrogen) atoms. The van der Waals surface area contributed by atoms with Gasteiger partial charge in [-0.1, -0.05) is 23.7 Å². The molecule has 0 aliphatic heterocycles. The molecule has 0 saturated heterocycles. The first kappa shape index (κ1) is 15.5. The molecule has 2 rings (SSSR count). The van der Waals surface area contributed by atoms with E-state index in [1.165, 1.54) is 12.1 Å². The highest BCUT2D eigenvalue weighted by Gasteiger charge is 2.09. The molecule has 0 spiro atoms. The Kier molecular flexibility index (Phi) is 4.82. The van der Waals surface area contributed by atoms with Gasteiger partial charge in [-0.3, -0.25) is 0 Å². The zero-order valence-electron chi connectivity index (χ0n) is 10.8. The fraction of sp³-hybridized carbons (Fsp3) is 0.231. The highest BCUT2D eigenvalue weighted by Crippen LogP contribution is 2.26. The van der Waals surface area contributed by atoms with E-state index in [4.69, 9.17) is 16.7 Å². The normalized spacial score (nSPS) is 13.3. The van der Waals surface area contributed by atoms with E-state index in [1.807, 2.05) is 12.1 Å². The van der Waals surface area contributed by atoms with Gasteiger partial charge in [0.25, 0.3) is 0 Å². The van der Waals surface area contributed by atoms with Crippen LogP contribution < -0.4 is 10.5 Å². The molecule has 108 valence electrons. The number of hydrogen-bond acceptors (Lipinski definition) is 4. The zero-order chi connectivity index (χ0) is 14.8. The summed E-state index contributed by atoms with van der Waals surface area (Å²) in [6, 6.07) is 10.6. The molecular formula is C13H15ClN2O2S2. The second-order valence-electron chi connectivity index (χ2n) is 4.43. The second-order valence-corrected chi connectivity index (χ2v) is 7.74. The van der Waals surface area contributed by atoms with Crippen molar-refractivity contribution < 1.29 is 8.42 Å². The maximum Gasteiger partial charge on any atom is 0.238 e. The molecule has 3 N–H and O–H groups in total. The molecule has 1 heterocycles. The summed E-state index contributed by atoms with van der Waals surface area (Å²) in [6.45, 7) is 2.70. The van der Waals surface area contributed by atoms with Crippen LogP contribution in [0.3, 0.4) is 0 Å². The first-order chi connectivity index (χ1) is 9.36. The van der Waals surface area contributed by atoms with E-state index in [1.54, 1.807) is 23.5 Å². The number of sulfonamides is 1. The number of hydrogen-bond donors (Lipinski definition) is 2. The monoisotopic (exact) mass is 330 g/mol. The molecule has 1 aromatic carbocycles. The quantitative estimate of drug-likeness (QED) is 0.885. The lowest BCUT2D eigenvalue weighted by Gasteiger charge is -2.12. The fourth-order valence-electron chi connectivity index (χ4n) is 1.73. The average molecular weight is 331 g/mol. The van der Waals surface area contributed by atoms with Crippen LogP contribution >= 0.6 is 22.9 Å². The van der Waals surface area contributed by atoms with Crippen LogP contribution in [0, 0.1) is 0 Å². The van der Waals surface area contributed by atoms with Crippen LogP contribution in [0.2, 0.25) is 4.34 Å². The Labute approximate surface area is 127 Å². The zero-order valence-corrected chi connectivity index (χ0v) is 13.2. The summed E-state index contributed by atoms with van der Waals surface area (Å²) in [7, 11) is -3.62. The summed E-state index contributed by atoms with van der Waals surface area (Å²) < 4.78 is 23.1. The van der Waals surface area contributed by atoms with Gasteiger partial charge in [-0.15, -0.1) is 11.3 Å². The van der Waals surface area contributed by atoms with E-state index in [0.29, 0.717) is 6.54 Å². The fourth-order valence-corrected chi connectivity index (χ4v) is 3.33. The smallest absolute Gasteiger partial charge is 0.238 e. The van der Waals surface area contributed by atoms with Crippen molar-refractivity contribution in [2.45, 2.75) is 24.4 Å². The Hall–Kier alpha value is -0.920. The van der Waals surface area contributed by atoms with Gasteiger partial charge >= 0.3 is 0 Å². The largest absolute Gasteiger partial charge is 0.305 e. The van der Waals surface area contributed by atoms with Crippen molar-refractivity contribution in [1.82, 2.24) is 5.32 Å². The number of primary sulfonamides is 1. The van der Waals surface area contributed by atoms with Crippen LogP contribution in [0.5, 0.6) is 0 Å². The Morgan fingerprint density at radius 2 is 1.90 bits per heavy atom. The Balaban J connectivity index is 1.97. The van der Waals surface area contributed by atoms with Gasteiger partial charge in [0.15, 0.2) is 0 Å². The third-order valence-electron chi connectivity index (χ3n) is 2.89. The summed E-state index contributed by atoms with van der Waals surface area (Å²) >= 11 is 7.45. The molecule has 0 radical (unpaired) electrons. The number of halogens is 1. The molecule has 1 unspecified atom stereocenters. The molecule has 0 aliphatic rings. The van der Waals surface area contributed by atoms with Gasteiger partial charge in [0.05, 0.1) is 9.23 Å². The minimum absolute atomic E-state index is 0.124. The molecule has 0 aliphatic carbocycles. The summed E-state index contributed by atoms with van der Waals surface area (Å²) in [6.07, 6.45) is 0. The lowest BCUT2D eigenvalue weighted by Crippen LogP contribution is -2.17. The van der Waals surface area contributed by atoms with Gasteiger partial charge in [0.1, 0.15) is 0 Å². The van der Waals surface area contributed by atoms with Gasteiger partial charge in [0, 0.05) is 17.5 Å². The molecule has 0 fully saturated rings. The molecule has 1 atom stereocenters. The maximum atomic E-state index is 11.1. The lowest BCUT2D eigenvalue weighted by molar-refractivity contribution is 0.582. The average Bonchev–Trinajstić information content (AvgIpc) is 2.82. The van der Waals surface area contributed by atoms with Crippen molar-refractivity contribution >= 4 is 33.0 Å². The van der Waals surface area contributed by atoms with Gasteiger partial charge in [-0.2, -0.15) is 0 Å². The third kappa shape index (κ3) is 4.04. The molecule has 1 aromatic heterocycles. The van der Waals surface area contributed by atoms with E-state index in [-0.39, 0.29) is 10.9 Å². The maximum absolute atomic E-state index is 11.1. The number of thiophene rings is 1. The Morgan fingerprint density at radius 1 is 1.25 bits per heavy atom. The van der Waals surface area contributed by atoms with Crippen molar-refractivity contribution in [3.63, 3.8) is 0 Å². The minimum Gasteiger partial charge on any atom is -0.305 e. The second kappa shape index (κ2) is 6.24. The van der Waals surface area contributed by atoms with Crippen molar-refractivity contribution in [3.05, 3.63) is 51.2 Å². The van der Waals surface area contributed by atoms with Crippen LogP contribution in [0.15, 0.2) is 41.3 Å². The van der Waals surface area contributed by atoms with Crippen LogP contribution in [0.25, 0.3) is 0 Å². The van der Waals surface area contributed by atoms with Gasteiger partial charge in [-0.25, -0.2) is 13.6 Å². The lowest BCUT2D eigenvalue weighted by atomic mass is 10.2.